The van der Waals surface area contributed by atoms with Crippen molar-refractivity contribution in [2.75, 3.05) is 31.5 Å². The zero-order chi connectivity index (χ0) is 23.8. The molecule has 0 saturated carbocycles. The second kappa shape index (κ2) is 9.69. The number of nitrogens with zero attached hydrogens (tertiary/aromatic N) is 2. The Labute approximate surface area is 200 Å². The summed E-state index contributed by atoms with van der Waals surface area (Å²) in [6.07, 6.45) is 0. The van der Waals surface area contributed by atoms with Crippen molar-refractivity contribution >= 4 is 44.8 Å². The van der Waals surface area contributed by atoms with Crippen LogP contribution < -0.4 is 5.32 Å². The van der Waals surface area contributed by atoms with Crippen LogP contribution in [0.2, 0.25) is 10.0 Å². The number of amides is 1. The molecule has 3 rings (SSSR count). The minimum absolute atomic E-state index is 0.202. The normalized spacial score (nSPS) is 16.7. The number of rotatable bonds is 5. The van der Waals surface area contributed by atoms with E-state index in [1.807, 2.05) is 45.6 Å². The molecule has 1 amide bonds. The monoisotopic (exact) mass is 497 g/mol. The Balaban J connectivity index is 1.70. The van der Waals surface area contributed by atoms with Gasteiger partial charge in [0.15, 0.2) is 0 Å². The minimum Gasteiger partial charge on any atom is -0.323 e. The Kier molecular flexibility index (Phi) is 7.57. The van der Waals surface area contributed by atoms with Crippen LogP contribution in [0.5, 0.6) is 0 Å². The summed E-state index contributed by atoms with van der Waals surface area (Å²) >= 11 is 12.1. The summed E-state index contributed by atoms with van der Waals surface area (Å²) in [4.78, 5) is 15.1. The molecule has 1 heterocycles. The number of carbonyl (C=O) groups excluding carboxylic acids is 1. The van der Waals surface area contributed by atoms with Gasteiger partial charge in [-0.1, -0.05) is 29.3 Å². The van der Waals surface area contributed by atoms with Gasteiger partial charge in [0.25, 0.3) is 0 Å². The molecule has 0 bridgehead atoms. The highest BCUT2D eigenvalue weighted by Gasteiger charge is 2.34. The molecule has 174 valence electrons. The number of hydrogen-bond donors (Lipinski definition) is 1. The first-order valence-corrected chi connectivity index (χ1v) is 12.7. The highest BCUT2D eigenvalue weighted by molar-refractivity contribution is 7.89. The first-order valence-electron chi connectivity index (χ1n) is 10.5. The summed E-state index contributed by atoms with van der Waals surface area (Å²) in [7, 11) is -3.62. The lowest BCUT2D eigenvalue weighted by molar-refractivity contribution is -0.121. The van der Waals surface area contributed by atoms with Crippen molar-refractivity contribution in [3.8, 4) is 0 Å². The average Bonchev–Trinajstić information content (AvgIpc) is 2.74. The van der Waals surface area contributed by atoms with Gasteiger partial charge in [0.1, 0.15) is 0 Å². The van der Waals surface area contributed by atoms with Crippen molar-refractivity contribution in [3.05, 3.63) is 56.6 Å². The average molecular weight is 498 g/mol. The van der Waals surface area contributed by atoms with E-state index in [1.54, 1.807) is 18.2 Å². The van der Waals surface area contributed by atoms with Gasteiger partial charge in [-0.05, 0) is 75.1 Å². The highest BCUT2D eigenvalue weighted by atomic mass is 35.5. The van der Waals surface area contributed by atoms with Gasteiger partial charge < -0.3 is 5.32 Å². The molecule has 1 N–H and O–H groups in total. The van der Waals surface area contributed by atoms with Crippen LogP contribution in [0.25, 0.3) is 0 Å². The lowest BCUT2D eigenvalue weighted by atomic mass is 10.0. The van der Waals surface area contributed by atoms with Gasteiger partial charge in [-0.3, -0.25) is 9.69 Å². The van der Waals surface area contributed by atoms with Crippen molar-refractivity contribution in [1.29, 1.82) is 0 Å². The standard InChI is InChI=1S/C23H29Cl2N3O3S/c1-14-12-15(2)17(4)22(16(14)3)32(30,31)28-10-8-27(9-11-28)18(5)23(29)26-21-7-6-19(24)13-20(21)25/h6-7,12-13,18H,8-11H2,1-5H3,(H,26,29)/t18-/m0/s1. The molecule has 0 aromatic heterocycles. The minimum atomic E-state index is -3.62. The molecule has 0 unspecified atom stereocenters. The SMILES string of the molecule is Cc1cc(C)c(C)c(S(=O)(=O)N2CCN([C@@H](C)C(=O)Nc3ccc(Cl)cc3Cl)CC2)c1C. The maximum atomic E-state index is 13.5. The van der Waals surface area contributed by atoms with Crippen LogP contribution in [-0.2, 0) is 14.8 Å². The van der Waals surface area contributed by atoms with Gasteiger partial charge in [0.05, 0.1) is 21.6 Å². The first-order chi connectivity index (χ1) is 14.9. The second-order valence-corrected chi connectivity index (χ2v) is 11.0. The van der Waals surface area contributed by atoms with E-state index in [0.717, 1.165) is 22.3 Å². The molecule has 2 aromatic rings. The van der Waals surface area contributed by atoms with Gasteiger partial charge >= 0.3 is 0 Å². The van der Waals surface area contributed by atoms with Crippen molar-refractivity contribution in [1.82, 2.24) is 9.21 Å². The summed E-state index contributed by atoms with van der Waals surface area (Å²) in [6, 6.07) is 6.48. The fraction of sp³-hybridized carbons (Fsp3) is 0.435. The van der Waals surface area contributed by atoms with Gasteiger partial charge in [0.2, 0.25) is 15.9 Å². The largest absolute Gasteiger partial charge is 0.323 e. The van der Waals surface area contributed by atoms with E-state index in [-0.39, 0.29) is 5.91 Å². The van der Waals surface area contributed by atoms with Crippen LogP contribution in [0, 0.1) is 27.7 Å². The third kappa shape index (κ3) is 4.97. The molecular weight excluding hydrogens is 469 g/mol. The third-order valence-electron chi connectivity index (χ3n) is 6.28. The molecule has 32 heavy (non-hydrogen) atoms. The molecular formula is C23H29Cl2N3O3S. The zero-order valence-corrected chi connectivity index (χ0v) is 21.3. The van der Waals surface area contributed by atoms with Crippen molar-refractivity contribution in [3.63, 3.8) is 0 Å². The molecule has 0 aliphatic carbocycles. The molecule has 2 aromatic carbocycles. The Bertz CT molecular complexity index is 1120. The fourth-order valence-electron chi connectivity index (χ4n) is 4.02. The highest BCUT2D eigenvalue weighted by Crippen LogP contribution is 2.30. The van der Waals surface area contributed by atoms with E-state index in [2.05, 4.69) is 5.32 Å². The van der Waals surface area contributed by atoms with Crippen molar-refractivity contribution in [2.24, 2.45) is 0 Å². The maximum Gasteiger partial charge on any atom is 0.243 e. The van der Waals surface area contributed by atoms with E-state index in [0.29, 0.717) is 46.8 Å². The number of carbonyl (C=O) groups is 1. The lowest BCUT2D eigenvalue weighted by Crippen LogP contribution is -2.54. The van der Waals surface area contributed by atoms with Crippen LogP contribution >= 0.6 is 23.2 Å². The Morgan fingerprint density at radius 3 is 2.06 bits per heavy atom. The topological polar surface area (TPSA) is 69.7 Å². The number of nitrogens with one attached hydrogen (secondary N) is 1. The fourth-order valence-corrected chi connectivity index (χ4v) is 6.48. The van der Waals surface area contributed by atoms with Crippen molar-refractivity contribution in [2.45, 2.75) is 45.6 Å². The maximum absolute atomic E-state index is 13.5. The molecule has 1 aliphatic heterocycles. The number of piperazine rings is 1. The molecule has 1 saturated heterocycles. The van der Waals surface area contributed by atoms with Crippen LogP contribution in [0.4, 0.5) is 5.69 Å². The van der Waals surface area contributed by atoms with Crippen LogP contribution in [-0.4, -0.2) is 55.8 Å². The number of anilines is 1. The van der Waals surface area contributed by atoms with E-state index in [4.69, 9.17) is 23.2 Å². The Morgan fingerprint density at radius 1 is 0.969 bits per heavy atom. The smallest absolute Gasteiger partial charge is 0.243 e. The van der Waals surface area contributed by atoms with E-state index < -0.39 is 16.1 Å². The van der Waals surface area contributed by atoms with Gasteiger partial charge in [-0.2, -0.15) is 4.31 Å². The molecule has 0 radical (unpaired) electrons. The van der Waals surface area contributed by atoms with Crippen molar-refractivity contribution < 1.29 is 13.2 Å². The third-order valence-corrected chi connectivity index (χ3v) is 9.01. The first kappa shape index (κ1) is 25.0. The lowest BCUT2D eigenvalue weighted by Gasteiger charge is -2.37. The summed E-state index contributed by atoms with van der Waals surface area (Å²) in [6.45, 7) is 11.0. The van der Waals surface area contributed by atoms with Crippen LogP contribution in [0.3, 0.4) is 0 Å². The Morgan fingerprint density at radius 2 is 1.53 bits per heavy atom. The van der Waals surface area contributed by atoms with Gasteiger partial charge in [0, 0.05) is 31.2 Å². The quantitative estimate of drug-likeness (QED) is 0.656. The van der Waals surface area contributed by atoms with Crippen LogP contribution in [0.1, 0.15) is 29.2 Å². The molecule has 1 fully saturated rings. The predicted octanol–water partition coefficient (Wildman–Crippen LogP) is 4.56. The second-order valence-electron chi connectivity index (χ2n) is 8.32. The van der Waals surface area contributed by atoms with Gasteiger partial charge in [-0.25, -0.2) is 8.42 Å². The molecule has 1 aliphatic rings. The molecule has 0 spiro atoms. The molecule has 1 atom stereocenters. The molecule has 9 heteroatoms. The number of halogens is 2. The summed E-state index contributed by atoms with van der Waals surface area (Å²) < 4.78 is 28.4. The number of aryl methyl sites for hydroxylation is 2. The van der Waals surface area contributed by atoms with E-state index >= 15 is 0 Å². The summed E-state index contributed by atoms with van der Waals surface area (Å²) in [5.41, 5.74) is 4.02. The number of sulfonamides is 1. The van der Waals surface area contributed by atoms with Gasteiger partial charge in [-0.15, -0.1) is 0 Å². The number of benzene rings is 2. The van der Waals surface area contributed by atoms with E-state index in [9.17, 15) is 13.2 Å². The molecule has 6 nitrogen and oxygen atoms in total. The van der Waals surface area contributed by atoms with E-state index in [1.165, 1.54) is 4.31 Å². The summed E-state index contributed by atoms with van der Waals surface area (Å²) in [5, 5.41) is 3.69. The predicted molar refractivity (Wildman–Crippen MR) is 130 cm³/mol. The zero-order valence-electron chi connectivity index (χ0n) is 19.0. The summed E-state index contributed by atoms with van der Waals surface area (Å²) in [5.74, 6) is -0.202. The van der Waals surface area contributed by atoms with Crippen LogP contribution in [0.15, 0.2) is 29.2 Å². The number of hydrogen-bond acceptors (Lipinski definition) is 4. The Hall–Kier alpha value is -1.64.